The SMILES string of the molecule is O=C(O)c1cnoc1-c1ccc(OC(F)F)cc1. The van der Waals surface area contributed by atoms with Crippen molar-refractivity contribution in [3.8, 4) is 17.1 Å². The van der Waals surface area contributed by atoms with E-state index in [1.807, 2.05) is 0 Å². The Morgan fingerprint density at radius 3 is 2.56 bits per heavy atom. The zero-order valence-electron chi connectivity index (χ0n) is 8.84. The molecule has 0 saturated heterocycles. The molecule has 2 aromatic rings. The van der Waals surface area contributed by atoms with Crippen LogP contribution in [0.5, 0.6) is 5.75 Å². The monoisotopic (exact) mass is 255 g/mol. The highest BCUT2D eigenvalue weighted by molar-refractivity contribution is 5.93. The van der Waals surface area contributed by atoms with E-state index in [9.17, 15) is 13.6 Å². The molecule has 0 bridgehead atoms. The molecule has 0 aliphatic carbocycles. The summed E-state index contributed by atoms with van der Waals surface area (Å²) in [5, 5.41) is 12.2. The Bertz CT molecular complexity index is 550. The van der Waals surface area contributed by atoms with Gasteiger partial charge in [-0.25, -0.2) is 4.79 Å². The van der Waals surface area contributed by atoms with Crippen molar-refractivity contribution in [2.45, 2.75) is 6.61 Å². The molecule has 2 rings (SSSR count). The topological polar surface area (TPSA) is 72.6 Å². The van der Waals surface area contributed by atoms with Crippen molar-refractivity contribution in [3.05, 3.63) is 36.0 Å². The highest BCUT2D eigenvalue weighted by Crippen LogP contribution is 2.26. The largest absolute Gasteiger partial charge is 0.477 e. The molecule has 0 unspecified atom stereocenters. The van der Waals surface area contributed by atoms with Crippen LogP contribution in [0.2, 0.25) is 0 Å². The molecule has 1 aromatic carbocycles. The first-order valence-electron chi connectivity index (χ1n) is 4.81. The van der Waals surface area contributed by atoms with Crippen molar-refractivity contribution in [2.75, 3.05) is 0 Å². The van der Waals surface area contributed by atoms with Gasteiger partial charge in [-0.1, -0.05) is 5.16 Å². The zero-order valence-corrected chi connectivity index (χ0v) is 8.84. The predicted octanol–water partition coefficient (Wildman–Crippen LogP) is 2.64. The first kappa shape index (κ1) is 12.0. The fraction of sp³-hybridized carbons (Fsp3) is 0.0909. The molecule has 0 atom stereocenters. The van der Waals surface area contributed by atoms with Crippen LogP contribution >= 0.6 is 0 Å². The van der Waals surface area contributed by atoms with Gasteiger partial charge in [-0.15, -0.1) is 0 Å². The van der Waals surface area contributed by atoms with Crippen LogP contribution < -0.4 is 4.74 Å². The van der Waals surface area contributed by atoms with Gasteiger partial charge in [0.25, 0.3) is 0 Å². The van der Waals surface area contributed by atoms with Crippen molar-refractivity contribution in [1.82, 2.24) is 5.16 Å². The lowest BCUT2D eigenvalue weighted by atomic mass is 10.1. The molecular weight excluding hydrogens is 248 g/mol. The number of hydrogen-bond acceptors (Lipinski definition) is 4. The number of halogens is 2. The molecule has 1 N–H and O–H groups in total. The molecule has 0 fully saturated rings. The summed E-state index contributed by atoms with van der Waals surface area (Å²) >= 11 is 0. The number of hydrogen-bond donors (Lipinski definition) is 1. The Labute approximate surface area is 99.6 Å². The van der Waals surface area contributed by atoms with E-state index in [2.05, 4.69) is 9.89 Å². The molecular formula is C11H7F2NO4. The number of alkyl halides is 2. The highest BCUT2D eigenvalue weighted by Gasteiger charge is 2.16. The fourth-order valence-corrected chi connectivity index (χ4v) is 1.39. The van der Waals surface area contributed by atoms with Gasteiger partial charge < -0.3 is 14.4 Å². The summed E-state index contributed by atoms with van der Waals surface area (Å²) in [5.41, 5.74) is 0.309. The predicted molar refractivity (Wildman–Crippen MR) is 55.5 cm³/mol. The molecule has 94 valence electrons. The number of carbonyl (C=O) groups is 1. The molecule has 5 nitrogen and oxygen atoms in total. The van der Waals surface area contributed by atoms with Crippen molar-refractivity contribution < 1.29 is 27.9 Å². The number of rotatable bonds is 4. The van der Waals surface area contributed by atoms with Gasteiger partial charge in [0.05, 0.1) is 6.20 Å². The zero-order chi connectivity index (χ0) is 13.1. The van der Waals surface area contributed by atoms with Crippen LogP contribution in [0.25, 0.3) is 11.3 Å². The number of carboxylic acid groups (broad SMARTS) is 1. The van der Waals surface area contributed by atoms with Gasteiger partial charge in [0.15, 0.2) is 5.76 Å². The van der Waals surface area contributed by atoms with Gasteiger partial charge >= 0.3 is 12.6 Å². The quantitative estimate of drug-likeness (QED) is 0.909. The van der Waals surface area contributed by atoms with E-state index in [0.717, 1.165) is 6.20 Å². The highest BCUT2D eigenvalue weighted by atomic mass is 19.3. The average Bonchev–Trinajstić information content (AvgIpc) is 2.78. The van der Waals surface area contributed by atoms with Gasteiger partial charge in [0.1, 0.15) is 11.3 Å². The third-order valence-corrected chi connectivity index (χ3v) is 2.14. The van der Waals surface area contributed by atoms with Gasteiger partial charge in [0.2, 0.25) is 0 Å². The minimum atomic E-state index is -2.91. The third kappa shape index (κ3) is 2.45. The first-order chi connectivity index (χ1) is 8.58. The number of benzene rings is 1. The van der Waals surface area contributed by atoms with Crippen molar-refractivity contribution in [2.24, 2.45) is 0 Å². The summed E-state index contributed by atoms with van der Waals surface area (Å²) in [4.78, 5) is 10.8. The number of ether oxygens (including phenoxy) is 1. The number of aromatic nitrogens is 1. The lowest BCUT2D eigenvalue weighted by Crippen LogP contribution is -2.01. The molecule has 0 spiro atoms. The molecule has 1 aromatic heterocycles. The van der Waals surface area contributed by atoms with E-state index in [1.165, 1.54) is 24.3 Å². The van der Waals surface area contributed by atoms with Crippen LogP contribution in [-0.2, 0) is 0 Å². The van der Waals surface area contributed by atoms with Gasteiger partial charge in [-0.2, -0.15) is 8.78 Å². The lowest BCUT2D eigenvalue weighted by molar-refractivity contribution is -0.0498. The van der Waals surface area contributed by atoms with Crippen LogP contribution in [0.4, 0.5) is 8.78 Å². The van der Waals surface area contributed by atoms with Crippen molar-refractivity contribution >= 4 is 5.97 Å². The van der Waals surface area contributed by atoms with Crippen LogP contribution in [0, 0.1) is 0 Å². The Morgan fingerprint density at radius 2 is 2.00 bits per heavy atom. The van der Waals surface area contributed by atoms with Crippen LogP contribution in [0.3, 0.4) is 0 Å². The Hall–Kier alpha value is -2.44. The lowest BCUT2D eigenvalue weighted by Gasteiger charge is -2.04. The summed E-state index contributed by atoms with van der Waals surface area (Å²) < 4.78 is 32.9. The normalized spacial score (nSPS) is 10.6. The molecule has 0 radical (unpaired) electrons. The summed E-state index contributed by atoms with van der Waals surface area (Å²) in [6.45, 7) is -2.91. The summed E-state index contributed by atoms with van der Waals surface area (Å²) in [7, 11) is 0. The maximum Gasteiger partial charge on any atom is 0.387 e. The van der Waals surface area contributed by atoms with Gasteiger partial charge in [-0.3, -0.25) is 0 Å². The van der Waals surface area contributed by atoms with Gasteiger partial charge in [-0.05, 0) is 24.3 Å². The number of carboxylic acids is 1. The smallest absolute Gasteiger partial charge is 0.387 e. The van der Waals surface area contributed by atoms with Crippen LogP contribution in [-0.4, -0.2) is 22.8 Å². The van der Waals surface area contributed by atoms with E-state index in [1.54, 1.807) is 0 Å². The minimum absolute atomic E-state index is 0.0230. The van der Waals surface area contributed by atoms with E-state index in [-0.39, 0.29) is 17.1 Å². The maximum atomic E-state index is 11.9. The average molecular weight is 255 g/mol. The Morgan fingerprint density at radius 1 is 1.33 bits per heavy atom. The Kier molecular flexibility index (Phi) is 3.22. The van der Waals surface area contributed by atoms with E-state index >= 15 is 0 Å². The van der Waals surface area contributed by atoms with Crippen molar-refractivity contribution in [3.63, 3.8) is 0 Å². The van der Waals surface area contributed by atoms with Crippen molar-refractivity contribution in [1.29, 1.82) is 0 Å². The minimum Gasteiger partial charge on any atom is -0.477 e. The van der Waals surface area contributed by atoms with E-state index < -0.39 is 12.6 Å². The molecule has 0 amide bonds. The summed E-state index contributed by atoms with van der Waals surface area (Å²) in [6.07, 6.45) is 1.07. The van der Waals surface area contributed by atoms with Gasteiger partial charge in [0, 0.05) is 5.56 Å². The molecule has 1 heterocycles. The second-order valence-corrected chi connectivity index (χ2v) is 3.28. The van der Waals surface area contributed by atoms with Crippen LogP contribution in [0.15, 0.2) is 35.0 Å². The summed E-state index contributed by atoms with van der Waals surface area (Å²) in [5.74, 6) is -1.14. The molecule has 0 saturated carbocycles. The molecule has 7 heteroatoms. The van der Waals surface area contributed by atoms with E-state index in [4.69, 9.17) is 9.63 Å². The molecule has 0 aliphatic heterocycles. The number of nitrogens with zero attached hydrogens (tertiary/aromatic N) is 1. The first-order valence-corrected chi connectivity index (χ1v) is 4.81. The summed E-state index contributed by atoms with van der Waals surface area (Å²) in [6, 6.07) is 5.39. The number of aromatic carboxylic acids is 1. The third-order valence-electron chi connectivity index (χ3n) is 2.14. The Balaban J connectivity index is 2.29. The second-order valence-electron chi connectivity index (χ2n) is 3.28. The maximum absolute atomic E-state index is 11.9. The second kappa shape index (κ2) is 4.82. The fourth-order valence-electron chi connectivity index (χ4n) is 1.39. The molecule has 0 aliphatic rings. The van der Waals surface area contributed by atoms with E-state index in [0.29, 0.717) is 5.56 Å². The standard InChI is InChI=1S/C11H7F2NO4/c12-11(13)17-7-3-1-6(2-4-7)9-8(10(15)16)5-14-18-9/h1-5,11H,(H,15,16). The molecule has 18 heavy (non-hydrogen) atoms. The van der Waals surface area contributed by atoms with Crippen LogP contribution in [0.1, 0.15) is 10.4 Å².